The summed E-state index contributed by atoms with van der Waals surface area (Å²) in [4.78, 5) is 0. The molecule has 0 saturated heterocycles. The highest BCUT2D eigenvalue weighted by atomic mass is 19.4. The summed E-state index contributed by atoms with van der Waals surface area (Å²) in [5, 5.41) is 8.84. The summed E-state index contributed by atoms with van der Waals surface area (Å²) in [5.41, 5.74) is -13.5. The van der Waals surface area contributed by atoms with Gasteiger partial charge in [-0.3, -0.25) is 0 Å². The lowest BCUT2D eigenvalue weighted by molar-refractivity contribution is -0.183. The standard InChI is InChI=1S/C10H2F12O/c11-7(12,13)2-1-3(23)5(9(17,18)19)6(10(20,21)22)4(2)8(14,15)16/h1,23H. The average molecular weight is 366 g/mol. The predicted octanol–water partition coefficient (Wildman–Crippen LogP) is 5.47. The molecule has 0 bridgehead atoms. The lowest BCUT2D eigenvalue weighted by Crippen LogP contribution is -2.27. The number of hydrogen-bond donors (Lipinski definition) is 1. The monoisotopic (exact) mass is 366 g/mol. The number of benzene rings is 1. The van der Waals surface area contributed by atoms with Crippen molar-refractivity contribution in [1.82, 2.24) is 0 Å². The first-order valence-electron chi connectivity index (χ1n) is 5.07. The van der Waals surface area contributed by atoms with Gasteiger partial charge in [-0.15, -0.1) is 0 Å². The average Bonchev–Trinajstić information content (AvgIpc) is 2.21. The van der Waals surface area contributed by atoms with Crippen LogP contribution in [0.15, 0.2) is 6.07 Å². The van der Waals surface area contributed by atoms with Crippen LogP contribution >= 0.6 is 0 Å². The molecule has 0 spiro atoms. The highest BCUT2D eigenvalue weighted by Gasteiger charge is 2.56. The van der Waals surface area contributed by atoms with Gasteiger partial charge in [0.25, 0.3) is 0 Å². The quantitative estimate of drug-likeness (QED) is 0.604. The molecule has 1 rings (SSSR count). The van der Waals surface area contributed by atoms with Gasteiger partial charge in [0.05, 0.1) is 16.7 Å². The van der Waals surface area contributed by atoms with Crippen LogP contribution in [-0.4, -0.2) is 5.11 Å². The van der Waals surface area contributed by atoms with Crippen LogP contribution in [0.4, 0.5) is 52.7 Å². The molecule has 1 aromatic rings. The number of hydrogen-bond acceptors (Lipinski definition) is 1. The Morgan fingerprint density at radius 2 is 0.870 bits per heavy atom. The molecule has 13 heteroatoms. The van der Waals surface area contributed by atoms with Gasteiger partial charge in [-0.25, -0.2) is 0 Å². The Hall–Kier alpha value is -1.82. The Balaban J connectivity index is 4.18. The largest absolute Gasteiger partial charge is 0.507 e. The fourth-order valence-electron chi connectivity index (χ4n) is 1.76. The minimum Gasteiger partial charge on any atom is -0.507 e. The first-order chi connectivity index (χ1) is 9.88. The van der Waals surface area contributed by atoms with Gasteiger partial charge in [-0.05, 0) is 6.07 Å². The maximum atomic E-state index is 12.6. The van der Waals surface area contributed by atoms with E-state index in [1.54, 1.807) is 0 Å². The van der Waals surface area contributed by atoms with Gasteiger partial charge in [0.1, 0.15) is 11.3 Å². The van der Waals surface area contributed by atoms with E-state index in [0.717, 1.165) is 0 Å². The number of aromatic hydroxyl groups is 1. The van der Waals surface area contributed by atoms with Crippen molar-refractivity contribution in [3.63, 3.8) is 0 Å². The van der Waals surface area contributed by atoms with E-state index in [0.29, 0.717) is 0 Å². The van der Waals surface area contributed by atoms with Crippen molar-refractivity contribution < 1.29 is 57.8 Å². The third kappa shape index (κ3) is 3.75. The van der Waals surface area contributed by atoms with Crippen LogP contribution in [0, 0.1) is 0 Å². The van der Waals surface area contributed by atoms with E-state index >= 15 is 0 Å². The molecule has 0 saturated carbocycles. The molecule has 0 aliphatic carbocycles. The van der Waals surface area contributed by atoms with Gasteiger partial charge in [-0.2, -0.15) is 52.7 Å². The second-order valence-corrected chi connectivity index (χ2v) is 4.06. The van der Waals surface area contributed by atoms with Crippen molar-refractivity contribution in [2.75, 3.05) is 0 Å². The normalized spacial score (nSPS) is 14.3. The molecule has 0 unspecified atom stereocenters. The van der Waals surface area contributed by atoms with Gasteiger partial charge < -0.3 is 5.11 Å². The SMILES string of the molecule is Oc1cc(C(F)(F)F)c(C(F)(F)F)c(C(F)(F)F)c1C(F)(F)F. The highest BCUT2D eigenvalue weighted by Crippen LogP contribution is 2.53. The molecule has 0 fully saturated rings. The van der Waals surface area contributed by atoms with Crippen molar-refractivity contribution >= 4 is 0 Å². The highest BCUT2D eigenvalue weighted by molar-refractivity contribution is 5.54. The van der Waals surface area contributed by atoms with Gasteiger partial charge in [0.15, 0.2) is 0 Å². The van der Waals surface area contributed by atoms with Crippen LogP contribution < -0.4 is 0 Å². The Labute approximate surface area is 118 Å². The fraction of sp³-hybridized carbons (Fsp3) is 0.400. The molecule has 0 heterocycles. The van der Waals surface area contributed by atoms with E-state index in [2.05, 4.69) is 0 Å². The topological polar surface area (TPSA) is 20.2 Å². The first kappa shape index (κ1) is 19.2. The number of halogens is 12. The van der Waals surface area contributed by atoms with Crippen LogP contribution in [0.25, 0.3) is 0 Å². The molecule has 1 N–H and O–H groups in total. The zero-order valence-corrected chi connectivity index (χ0v) is 10.1. The maximum absolute atomic E-state index is 12.6. The predicted molar refractivity (Wildman–Crippen MR) is 48.1 cm³/mol. The molecule has 132 valence electrons. The summed E-state index contributed by atoms with van der Waals surface area (Å²) in [6, 6.07) is -1.04. The van der Waals surface area contributed by atoms with Crippen LogP contribution in [0.2, 0.25) is 0 Å². The van der Waals surface area contributed by atoms with Crippen molar-refractivity contribution in [1.29, 1.82) is 0 Å². The summed E-state index contributed by atoms with van der Waals surface area (Å²) in [6.45, 7) is 0. The molecule has 0 aliphatic heterocycles. The smallest absolute Gasteiger partial charge is 0.420 e. The Morgan fingerprint density at radius 1 is 0.522 bits per heavy atom. The molecule has 1 aromatic carbocycles. The maximum Gasteiger partial charge on any atom is 0.420 e. The summed E-state index contributed by atoms with van der Waals surface area (Å²) in [6.07, 6.45) is -25.1. The third-order valence-corrected chi connectivity index (χ3v) is 2.46. The second kappa shape index (κ2) is 5.09. The Kier molecular flexibility index (Phi) is 4.26. The lowest BCUT2D eigenvalue weighted by atomic mass is 9.93. The first-order valence-corrected chi connectivity index (χ1v) is 5.07. The molecule has 0 radical (unpaired) electrons. The van der Waals surface area contributed by atoms with Crippen LogP contribution in [0.1, 0.15) is 22.3 Å². The van der Waals surface area contributed by atoms with Crippen LogP contribution in [-0.2, 0) is 24.7 Å². The van der Waals surface area contributed by atoms with E-state index in [4.69, 9.17) is 5.11 Å². The van der Waals surface area contributed by atoms with Crippen molar-refractivity contribution in [3.8, 4) is 5.75 Å². The summed E-state index contributed by atoms with van der Waals surface area (Å²) in [7, 11) is 0. The second-order valence-electron chi connectivity index (χ2n) is 4.06. The number of rotatable bonds is 0. The van der Waals surface area contributed by atoms with Crippen LogP contribution in [0.3, 0.4) is 0 Å². The molecule has 0 aliphatic rings. The Morgan fingerprint density at radius 3 is 1.13 bits per heavy atom. The van der Waals surface area contributed by atoms with Crippen molar-refractivity contribution in [2.45, 2.75) is 24.7 Å². The third-order valence-electron chi connectivity index (χ3n) is 2.46. The van der Waals surface area contributed by atoms with E-state index < -0.39 is 58.8 Å². The molecular weight excluding hydrogens is 364 g/mol. The van der Waals surface area contributed by atoms with E-state index in [1.807, 2.05) is 0 Å². The number of alkyl halides is 12. The zero-order chi connectivity index (χ0) is 18.6. The van der Waals surface area contributed by atoms with Crippen LogP contribution in [0.5, 0.6) is 5.75 Å². The fourth-order valence-corrected chi connectivity index (χ4v) is 1.76. The summed E-state index contributed by atoms with van der Waals surface area (Å²) < 4.78 is 151. The minimum absolute atomic E-state index is 1.04. The van der Waals surface area contributed by atoms with E-state index in [1.165, 1.54) is 0 Å². The molecular formula is C10H2F12O. The van der Waals surface area contributed by atoms with Crippen molar-refractivity contribution in [3.05, 3.63) is 28.3 Å². The van der Waals surface area contributed by atoms with Gasteiger partial charge in [-0.1, -0.05) is 0 Å². The van der Waals surface area contributed by atoms with Gasteiger partial charge in [0.2, 0.25) is 0 Å². The van der Waals surface area contributed by atoms with Gasteiger partial charge >= 0.3 is 24.7 Å². The van der Waals surface area contributed by atoms with Gasteiger partial charge in [0, 0.05) is 0 Å². The lowest BCUT2D eigenvalue weighted by Gasteiger charge is -2.25. The molecule has 1 nitrogen and oxygen atoms in total. The van der Waals surface area contributed by atoms with E-state index in [-0.39, 0.29) is 0 Å². The summed E-state index contributed by atoms with van der Waals surface area (Å²) in [5.74, 6) is -2.62. The number of phenolic OH excluding ortho intramolecular Hbond substituents is 1. The van der Waals surface area contributed by atoms with E-state index in [9.17, 15) is 52.7 Å². The van der Waals surface area contributed by atoms with Crippen molar-refractivity contribution in [2.24, 2.45) is 0 Å². The zero-order valence-electron chi connectivity index (χ0n) is 10.1. The molecule has 0 amide bonds. The minimum atomic E-state index is -6.46. The Bertz CT molecular complexity index is 601. The molecule has 23 heavy (non-hydrogen) atoms. The summed E-state index contributed by atoms with van der Waals surface area (Å²) >= 11 is 0. The number of phenols is 1. The molecule has 0 aromatic heterocycles. The molecule has 0 atom stereocenters.